The molecule has 0 aliphatic carbocycles. The highest BCUT2D eigenvalue weighted by Gasteiger charge is 2.27. The van der Waals surface area contributed by atoms with Crippen LogP contribution in [0.25, 0.3) is 16.7 Å². The molecule has 3 aromatic carbocycles. The van der Waals surface area contributed by atoms with Crippen LogP contribution in [-0.2, 0) is 11.3 Å². The summed E-state index contributed by atoms with van der Waals surface area (Å²) in [4.78, 5) is 20.6. The van der Waals surface area contributed by atoms with Crippen molar-refractivity contribution in [3.63, 3.8) is 0 Å². The fourth-order valence-electron chi connectivity index (χ4n) is 5.02. The zero-order valence-corrected chi connectivity index (χ0v) is 21.8. The van der Waals surface area contributed by atoms with Crippen LogP contribution in [0.4, 0.5) is 5.69 Å². The molecule has 6 heteroatoms. The van der Waals surface area contributed by atoms with Crippen molar-refractivity contribution < 1.29 is 4.79 Å². The maximum atomic E-state index is 13.2. The molecular weight excluding hydrogens is 500 g/mol. The molecule has 0 bridgehead atoms. The lowest BCUT2D eigenvalue weighted by atomic mass is 9.96. The number of imidazole rings is 1. The third-order valence-electron chi connectivity index (χ3n) is 6.80. The molecule has 1 saturated heterocycles. The number of carbonyl (C=O) groups excluding carboxylic acids is 1. The van der Waals surface area contributed by atoms with E-state index in [-0.39, 0.29) is 11.8 Å². The molecule has 5 nitrogen and oxygen atoms in total. The van der Waals surface area contributed by atoms with Crippen LogP contribution < -0.4 is 5.32 Å². The van der Waals surface area contributed by atoms with E-state index in [1.54, 1.807) is 0 Å². The van der Waals surface area contributed by atoms with E-state index in [0.717, 1.165) is 58.6 Å². The Morgan fingerprint density at radius 2 is 1.80 bits per heavy atom. The summed E-state index contributed by atoms with van der Waals surface area (Å²) in [6.07, 6.45) is 1.91. The van der Waals surface area contributed by atoms with E-state index in [2.05, 4.69) is 93.1 Å². The number of amides is 1. The first-order chi connectivity index (χ1) is 17.0. The van der Waals surface area contributed by atoms with Gasteiger partial charge in [-0.1, -0.05) is 60.1 Å². The van der Waals surface area contributed by atoms with Crippen LogP contribution >= 0.6 is 15.9 Å². The zero-order valence-electron chi connectivity index (χ0n) is 20.2. The summed E-state index contributed by atoms with van der Waals surface area (Å²) in [5.41, 5.74) is 5.29. The molecule has 0 saturated carbocycles. The minimum Gasteiger partial charge on any atom is -0.326 e. The summed E-state index contributed by atoms with van der Waals surface area (Å²) in [5.74, 6) is 1.44. The maximum absolute atomic E-state index is 13.2. The molecule has 1 aromatic heterocycles. The van der Waals surface area contributed by atoms with Crippen LogP contribution in [-0.4, -0.2) is 33.4 Å². The predicted molar refractivity (Wildman–Crippen MR) is 146 cm³/mol. The van der Waals surface area contributed by atoms with Crippen molar-refractivity contribution in [1.82, 2.24) is 14.5 Å². The van der Waals surface area contributed by atoms with Crippen molar-refractivity contribution in [2.24, 2.45) is 5.92 Å². The molecule has 1 aliphatic heterocycles. The van der Waals surface area contributed by atoms with Crippen LogP contribution in [0.1, 0.15) is 44.0 Å². The van der Waals surface area contributed by atoms with Gasteiger partial charge in [0.05, 0.1) is 23.5 Å². The molecule has 0 spiro atoms. The molecule has 0 radical (unpaired) electrons. The summed E-state index contributed by atoms with van der Waals surface area (Å²) in [7, 11) is 0. The lowest BCUT2D eigenvalue weighted by molar-refractivity contribution is -0.121. The second kappa shape index (κ2) is 10.3. The molecule has 2 heterocycles. The topological polar surface area (TPSA) is 50.2 Å². The molecule has 4 aromatic rings. The number of hydrogen-bond acceptors (Lipinski definition) is 3. The molecule has 5 rings (SSSR count). The Balaban J connectivity index is 1.36. The average molecular weight is 531 g/mol. The van der Waals surface area contributed by atoms with E-state index in [9.17, 15) is 4.79 Å². The first kappa shape index (κ1) is 23.8. The van der Waals surface area contributed by atoms with Gasteiger partial charge in [-0.15, -0.1) is 0 Å². The molecule has 0 unspecified atom stereocenters. The van der Waals surface area contributed by atoms with Crippen molar-refractivity contribution in [2.45, 2.75) is 39.2 Å². The number of para-hydroxylation sites is 3. The highest BCUT2D eigenvalue weighted by atomic mass is 79.9. The smallest absolute Gasteiger partial charge is 0.228 e. The van der Waals surface area contributed by atoms with Gasteiger partial charge in [0, 0.05) is 22.4 Å². The molecule has 1 fully saturated rings. The predicted octanol–water partition coefficient (Wildman–Crippen LogP) is 6.76. The molecule has 1 atom stereocenters. The van der Waals surface area contributed by atoms with Gasteiger partial charge in [0.15, 0.2) is 0 Å². The lowest BCUT2D eigenvalue weighted by Gasteiger charge is -2.32. The van der Waals surface area contributed by atoms with Crippen LogP contribution in [0.3, 0.4) is 0 Å². The zero-order chi connectivity index (χ0) is 24.4. The fraction of sp³-hybridized carbons (Fsp3) is 0.310. The highest BCUT2D eigenvalue weighted by Crippen LogP contribution is 2.28. The number of nitrogens with zero attached hydrogens (tertiary/aromatic N) is 3. The standard InChI is InChI=1S/C29H31BrN4O/c1-20(2)24-9-3-4-10-25(24)32-29(35)21-8-7-17-33(18-21)19-28-31-26-11-5-6-12-27(26)34(28)23-15-13-22(30)14-16-23/h3-6,9-16,20-21H,7-8,17-19H2,1-2H3,(H,32,35)/t21-/m0/s1. The summed E-state index contributed by atoms with van der Waals surface area (Å²) in [6, 6.07) is 24.7. The molecule has 1 N–H and O–H groups in total. The number of nitrogens with one attached hydrogen (secondary N) is 1. The van der Waals surface area contributed by atoms with Gasteiger partial charge in [-0.2, -0.15) is 0 Å². The van der Waals surface area contributed by atoms with E-state index in [1.807, 2.05) is 24.3 Å². The van der Waals surface area contributed by atoms with Crippen molar-refractivity contribution in [2.75, 3.05) is 18.4 Å². The first-order valence-corrected chi connectivity index (χ1v) is 13.1. The molecule has 180 valence electrons. The Morgan fingerprint density at radius 3 is 2.60 bits per heavy atom. The Labute approximate surface area is 215 Å². The number of aromatic nitrogens is 2. The van der Waals surface area contributed by atoms with Crippen molar-refractivity contribution in [3.8, 4) is 5.69 Å². The van der Waals surface area contributed by atoms with Crippen LogP contribution in [0.5, 0.6) is 0 Å². The Kier molecular flexibility index (Phi) is 7.02. The third-order valence-corrected chi connectivity index (χ3v) is 7.33. The van der Waals surface area contributed by atoms with E-state index in [1.165, 1.54) is 5.56 Å². The number of piperidine rings is 1. The van der Waals surface area contributed by atoms with Gasteiger partial charge in [-0.05, 0) is 73.3 Å². The summed E-state index contributed by atoms with van der Waals surface area (Å²) in [6.45, 7) is 6.72. The van der Waals surface area contributed by atoms with E-state index in [0.29, 0.717) is 12.5 Å². The number of anilines is 1. The van der Waals surface area contributed by atoms with Gasteiger partial charge in [0.1, 0.15) is 5.82 Å². The van der Waals surface area contributed by atoms with Gasteiger partial charge in [0.25, 0.3) is 0 Å². The van der Waals surface area contributed by atoms with Gasteiger partial charge in [0.2, 0.25) is 5.91 Å². The minimum absolute atomic E-state index is 0.0329. The normalized spacial score (nSPS) is 16.6. The molecule has 1 aliphatic rings. The fourth-order valence-corrected chi connectivity index (χ4v) is 5.29. The first-order valence-electron chi connectivity index (χ1n) is 12.3. The van der Waals surface area contributed by atoms with Crippen LogP contribution in [0.2, 0.25) is 0 Å². The van der Waals surface area contributed by atoms with Gasteiger partial charge < -0.3 is 5.32 Å². The number of halogens is 1. The molecular formula is C29H31BrN4O. The number of carbonyl (C=O) groups is 1. The largest absolute Gasteiger partial charge is 0.326 e. The second-order valence-corrected chi connectivity index (χ2v) is 10.5. The second-order valence-electron chi connectivity index (χ2n) is 9.63. The van der Waals surface area contributed by atoms with E-state index >= 15 is 0 Å². The minimum atomic E-state index is -0.0329. The number of hydrogen-bond donors (Lipinski definition) is 1. The van der Waals surface area contributed by atoms with Crippen LogP contribution in [0.15, 0.2) is 77.3 Å². The van der Waals surface area contributed by atoms with E-state index in [4.69, 9.17) is 4.98 Å². The lowest BCUT2D eigenvalue weighted by Crippen LogP contribution is -2.40. The molecule has 35 heavy (non-hydrogen) atoms. The Morgan fingerprint density at radius 1 is 1.06 bits per heavy atom. The van der Waals surface area contributed by atoms with Gasteiger partial charge >= 0.3 is 0 Å². The monoisotopic (exact) mass is 530 g/mol. The van der Waals surface area contributed by atoms with Gasteiger partial charge in [-0.3, -0.25) is 14.3 Å². The maximum Gasteiger partial charge on any atom is 0.228 e. The quantitative estimate of drug-likeness (QED) is 0.299. The number of benzene rings is 3. The summed E-state index contributed by atoms with van der Waals surface area (Å²) in [5, 5.41) is 3.22. The van der Waals surface area contributed by atoms with Crippen molar-refractivity contribution in [3.05, 3.63) is 88.7 Å². The third kappa shape index (κ3) is 5.19. The van der Waals surface area contributed by atoms with Crippen LogP contribution in [0, 0.1) is 5.92 Å². The van der Waals surface area contributed by atoms with Crippen molar-refractivity contribution >= 4 is 38.6 Å². The molecule has 1 amide bonds. The SMILES string of the molecule is CC(C)c1ccccc1NC(=O)[C@H]1CCCN(Cc2nc3ccccc3n2-c2ccc(Br)cc2)C1. The summed E-state index contributed by atoms with van der Waals surface area (Å²) >= 11 is 3.54. The summed E-state index contributed by atoms with van der Waals surface area (Å²) < 4.78 is 3.29. The van der Waals surface area contributed by atoms with Crippen molar-refractivity contribution in [1.29, 1.82) is 0 Å². The average Bonchev–Trinajstić information content (AvgIpc) is 3.22. The number of rotatable bonds is 6. The number of likely N-dealkylation sites (tertiary alicyclic amines) is 1. The van der Waals surface area contributed by atoms with E-state index < -0.39 is 0 Å². The van der Waals surface area contributed by atoms with Gasteiger partial charge in [-0.25, -0.2) is 4.98 Å². The Hall–Kier alpha value is -2.96. The number of fused-ring (bicyclic) bond motifs is 1. The Bertz CT molecular complexity index is 1330. The highest BCUT2D eigenvalue weighted by molar-refractivity contribution is 9.10.